The lowest BCUT2D eigenvalue weighted by molar-refractivity contribution is 0.1000. The monoisotopic (exact) mass is 262 g/mol. The molecule has 18 heavy (non-hydrogen) atoms. The summed E-state index contributed by atoms with van der Waals surface area (Å²) in [4.78, 5) is 15.3. The predicted octanol–water partition coefficient (Wildman–Crippen LogP) is 2.53. The van der Waals surface area contributed by atoms with Gasteiger partial charge in [0.1, 0.15) is 5.75 Å². The van der Waals surface area contributed by atoms with E-state index in [1.807, 2.05) is 31.4 Å². The molecule has 0 saturated carbocycles. The van der Waals surface area contributed by atoms with Crippen molar-refractivity contribution in [1.82, 2.24) is 4.98 Å². The minimum atomic E-state index is -0.492. The van der Waals surface area contributed by atoms with Gasteiger partial charge in [0.2, 0.25) is 0 Å². The quantitative estimate of drug-likeness (QED) is 0.924. The summed E-state index contributed by atoms with van der Waals surface area (Å²) >= 11 is 1.26. The van der Waals surface area contributed by atoms with Gasteiger partial charge in [-0.1, -0.05) is 0 Å². The van der Waals surface area contributed by atoms with Gasteiger partial charge in [0, 0.05) is 10.9 Å². The van der Waals surface area contributed by atoms with E-state index >= 15 is 0 Å². The standard InChI is InChI=1S/C13H14N2O2S/c1-7-8(2)11(17-3)5-4-9(7)10-6-18-13(15-10)12(14)16/h4-6H,1-3H3,(H2,14,16). The minimum Gasteiger partial charge on any atom is -0.496 e. The Bertz CT molecular complexity index is 605. The van der Waals surface area contributed by atoms with Crippen LogP contribution in [0.15, 0.2) is 17.5 Å². The van der Waals surface area contributed by atoms with E-state index < -0.39 is 5.91 Å². The highest BCUT2D eigenvalue weighted by Crippen LogP contribution is 2.31. The van der Waals surface area contributed by atoms with Crippen molar-refractivity contribution in [2.45, 2.75) is 13.8 Å². The summed E-state index contributed by atoms with van der Waals surface area (Å²) in [5.41, 5.74) is 9.15. The number of carbonyl (C=O) groups is 1. The molecule has 0 saturated heterocycles. The number of aromatic nitrogens is 1. The first-order valence-electron chi connectivity index (χ1n) is 5.44. The van der Waals surface area contributed by atoms with Crippen molar-refractivity contribution in [3.63, 3.8) is 0 Å². The van der Waals surface area contributed by atoms with E-state index in [0.29, 0.717) is 5.01 Å². The third-order valence-corrected chi connectivity index (χ3v) is 3.81. The predicted molar refractivity (Wildman–Crippen MR) is 72.1 cm³/mol. The van der Waals surface area contributed by atoms with Crippen LogP contribution in [0.4, 0.5) is 0 Å². The van der Waals surface area contributed by atoms with E-state index in [4.69, 9.17) is 10.5 Å². The van der Waals surface area contributed by atoms with Gasteiger partial charge in [-0.2, -0.15) is 0 Å². The summed E-state index contributed by atoms with van der Waals surface area (Å²) in [6.45, 7) is 4.01. The molecule has 0 atom stereocenters. The Morgan fingerprint density at radius 2 is 2.06 bits per heavy atom. The summed E-state index contributed by atoms with van der Waals surface area (Å²) in [5, 5.41) is 2.17. The van der Waals surface area contributed by atoms with Gasteiger partial charge in [0.15, 0.2) is 5.01 Å². The Labute approximate surface area is 109 Å². The van der Waals surface area contributed by atoms with E-state index in [-0.39, 0.29) is 0 Å². The van der Waals surface area contributed by atoms with Crippen LogP contribution >= 0.6 is 11.3 Å². The Kier molecular flexibility index (Phi) is 3.34. The van der Waals surface area contributed by atoms with E-state index in [1.54, 1.807) is 7.11 Å². The van der Waals surface area contributed by atoms with Crippen LogP contribution in [0, 0.1) is 13.8 Å². The van der Waals surface area contributed by atoms with Gasteiger partial charge < -0.3 is 10.5 Å². The summed E-state index contributed by atoms with van der Waals surface area (Å²) in [6.07, 6.45) is 0. The zero-order valence-corrected chi connectivity index (χ0v) is 11.3. The zero-order valence-electron chi connectivity index (χ0n) is 10.5. The van der Waals surface area contributed by atoms with E-state index in [1.165, 1.54) is 11.3 Å². The molecule has 1 aromatic carbocycles. The third-order valence-electron chi connectivity index (χ3n) is 2.95. The van der Waals surface area contributed by atoms with Crippen LogP contribution in [0.25, 0.3) is 11.3 Å². The Balaban J connectivity index is 2.50. The number of ether oxygens (including phenoxy) is 1. The zero-order chi connectivity index (χ0) is 13.3. The van der Waals surface area contributed by atoms with Crippen LogP contribution in [0.3, 0.4) is 0 Å². The molecule has 5 heteroatoms. The van der Waals surface area contributed by atoms with Gasteiger partial charge in [-0.25, -0.2) is 4.98 Å². The molecule has 2 rings (SSSR count). The number of hydrogen-bond donors (Lipinski definition) is 1. The van der Waals surface area contributed by atoms with Gasteiger partial charge in [0.05, 0.1) is 12.8 Å². The molecule has 2 aromatic rings. The lowest BCUT2D eigenvalue weighted by Gasteiger charge is -2.10. The topological polar surface area (TPSA) is 65.2 Å². The third kappa shape index (κ3) is 2.09. The molecule has 0 aliphatic carbocycles. The van der Waals surface area contributed by atoms with Gasteiger partial charge in [-0.3, -0.25) is 4.79 Å². The number of hydrogen-bond acceptors (Lipinski definition) is 4. The molecule has 0 bridgehead atoms. The number of methoxy groups -OCH3 is 1. The normalized spacial score (nSPS) is 10.4. The number of nitrogens with zero attached hydrogens (tertiary/aromatic N) is 1. The number of nitrogens with two attached hydrogens (primary N) is 1. The van der Waals surface area contributed by atoms with Crippen molar-refractivity contribution < 1.29 is 9.53 Å². The molecule has 0 spiro atoms. The molecule has 4 nitrogen and oxygen atoms in total. The molecule has 94 valence electrons. The van der Waals surface area contributed by atoms with Crippen molar-refractivity contribution in [3.05, 3.63) is 33.6 Å². The first kappa shape index (κ1) is 12.6. The van der Waals surface area contributed by atoms with Crippen LogP contribution in [-0.2, 0) is 0 Å². The maximum absolute atomic E-state index is 11.0. The van der Waals surface area contributed by atoms with E-state index in [2.05, 4.69) is 4.98 Å². The van der Waals surface area contributed by atoms with Crippen molar-refractivity contribution in [1.29, 1.82) is 0 Å². The molecule has 0 radical (unpaired) electrons. The SMILES string of the molecule is COc1ccc(-c2csc(C(N)=O)n2)c(C)c1C. The molecule has 2 N–H and O–H groups in total. The summed E-state index contributed by atoms with van der Waals surface area (Å²) < 4.78 is 5.27. The van der Waals surface area contributed by atoms with Crippen molar-refractivity contribution in [3.8, 4) is 17.0 Å². The van der Waals surface area contributed by atoms with Gasteiger partial charge in [-0.15, -0.1) is 11.3 Å². The second-order valence-corrected chi connectivity index (χ2v) is 4.83. The average Bonchev–Trinajstić information content (AvgIpc) is 2.82. The van der Waals surface area contributed by atoms with Crippen LogP contribution in [-0.4, -0.2) is 18.0 Å². The van der Waals surface area contributed by atoms with Gasteiger partial charge in [0.25, 0.3) is 5.91 Å². The Hall–Kier alpha value is -1.88. The molecule has 1 aromatic heterocycles. The molecule has 1 heterocycles. The fraction of sp³-hybridized carbons (Fsp3) is 0.231. The first-order valence-corrected chi connectivity index (χ1v) is 6.32. The number of carbonyl (C=O) groups excluding carboxylic acids is 1. The number of primary amides is 1. The second-order valence-electron chi connectivity index (χ2n) is 3.97. The molecule has 0 fully saturated rings. The average molecular weight is 262 g/mol. The number of thiazole rings is 1. The second kappa shape index (κ2) is 4.78. The van der Waals surface area contributed by atoms with Crippen molar-refractivity contribution in [2.75, 3.05) is 7.11 Å². The minimum absolute atomic E-state index is 0.331. The van der Waals surface area contributed by atoms with Crippen LogP contribution in [0.5, 0.6) is 5.75 Å². The Morgan fingerprint density at radius 1 is 1.33 bits per heavy atom. The van der Waals surface area contributed by atoms with Gasteiger partial charge in [-0.05, 0) is 37.1 Å². The maximum atomic E-state index is 11.0. The number of benzene rings is 1. The Morgan fingerprint density at radius 3 is 2.61 bits per heavy atom. The van der Waals surface area contributed by atoms with E-state index in [0.717, 1.165) is 28.1 Å². The number of rotatable bonds is 3. The van der Waals surface area contributed by atoms with Crippen molar-refractivity contribution >= 4 is 17.2 Å². The highest BCUT2D eigenvalue weighted by molar-refractivity contribution is 7.12. The fourth-order valence-corrected chi connectivity index (χ4v) is 2.48. The first-order chi connectivity index (χ1) is 8.54. The lowest BCUT2D eigenvalue weighted by Crippen LogP contribution is -2.10. The summed E-state index contributed by atoms with van der Waals surface area (Å²) in [5.74, 6) is 0.357. The fourth-order valence-electron chi connectivity index (χ4n) is 1.81. The molecule has 0 aliphatic heterocycles. The smallest absolute Gasteiger partial charge is 0.277 e. The molecule has 0 aliphatic rings. The van der Waals surface area contributed by atoms with Crippen LogP contribution < -0.4 is 10.5 Å². The highest BCUT2D eigenvalue weighted by atomic mass is 32.1. The molecule has 0 unspecified atom stereocenters. The van der Waals surface area contributed by atoms with Crippen LogP contribution in [0.1, 0.15) is 20.9 Å². The van der Waals surface area contributed by atoms with Crippen molar-refractivity contribution in [2.24, 2.45) is 5.73 Å². The highest BCUT2D eigenvalue weighted by Gasteiger charge is 2.13. The molecule has 1 amide bonds. The number of amides is 1. The molecular formula is C13H14N2O2S. The molecular weight excluding hydrogens is 248 g/mol. The largest absolute Gasteiger partial charge is 0.496 e. The van der Waals surface area contributed by atoms with Crippen LogP contribution in [0.2, 0.25) is 0 Å². The van der Waals surface area contributed by atoms with E-state index in [9.17, 15) is 4.79 Å². The lowest BCUT2D eigenvalue weighted by atomic mass is 10.0. The van der Waals surface area contributed by atoms with Gasteiger partial charge >= 0.3 is 0 Å². The maximum Gasteiger partial charge on any atom is 0.277 e. The summed E-state index contributed by atoms with van der Waals surface area (Å²) in [6, 6.07) is 3.85. The summed E-state index contributed by atoms with van der Waals surface area (Å²) in [7, 11) is 1.65.